The summed E-state index contributed by atoms with van der Waals surface area (Å²) >= 11 is 0. The minimum Gasteiger partial charge on any atom is -0.454 e. The van der Waals surface area contributed by atoms with Crippen molar-refractivity contribution in [2.75, 3.05) is 13.3 Å². The van der Waals surface area contributed by atoms with Gasteiger partial charge in [-0.25, -0.2) is 4.68 Å². The summed E-state index contributed by atoms with van der Waals surface area (Å²) in [4.78, 5) is 12.5. The second-order valence-corrected chi connectivity index (χ2v) is 6.09. The van der Waals surface area contributed by atoms with Crippen molar-refractivity contribution < 1.29 is 14.3 Å². The minimum absolute atomic E-state index is 0.131. The average molecular weight is 365 g/mol. The van der Waals surface area contributed by atoms with E-state index < -0.39 is 0 Å². The van der Waals surface area contributed by atoms with Gasteiger partial charge >= 0.3 is 0 Å². The number of amides is 1. The SMILES string of the molecule is CCn1nnnc1-c1cccc(C(=O)NCCc2ccc3c(c2)OCO3)c1. The summed E-state index contributed by atoms with van der Waals surface area (Å²) < 4.78 is 12.4. The molecule has 138 valence electrons. The van der Waals surface area contributed by atoms with Crippen molar-refractivity contribution in [3.8, 4) is 22.9 Å². The highest BCUT2D eigenvalue weighted by molar-refractivity contribution is 5.95. The van der Waals surface area contributed by atoms with E-state index in [1.807, 2.05) is 37.3 Å². The van der Waals surface area contributed by atoms with Crippen LogP contribution >= 0.6 is 0 Å². The van der Waals surface area contributed by atoms with Gasteiger partial charge in [-0.3, -0.25) is 4.79 Å². The third kappa shape index (κ3) is 3.59. The monoisotopic (exact) mass is 365 g/mol. The molecule has 0 bridgehead atoms. The smallest absolute Gasteiger partial charge is 0.251 e. The zero-order valence-corrected chi connectivity index (χ0v) is 14.9. The molecule has 3 aromatic rings. The largest absolute Gasteiger partial charge is 0.454 e. The molecule has 0 saturated heterocycles. The quantitative estimate of drug-likeness (QED) is 0.719. The molecular weight excluding hydrogens is 346 g/mol. The molecule has 1 aliphatic rings. The first-order valence-electron chi connectivity index (χ1n) is 8.78. The zero-order valence-electron chi connectivity index (χ0n) is 14.9. The molecule has 0 spiro atoms. The van der Waals surface area contributed by atoms with Gasteiger partial charge in [-0.1, -0.05) is 18.2 Å². The highest BCUT2D eigenvalue weighted by atomic mass is 16.7. The Bertz CT molecular complexity index is 969. The number of hydrogen-bond donors (Lipinski definition) is 1. The van der Waals surface area contributed by atoms with Crippen LogP contribution in [0.4, 0.5) is 0 Å². The number of nitrogens with one attached hydrogen (secondary N) is 1. The lowest BCUT2D eigenvalue weighted by atomic mass is 10.1. The molecule has 0 atom stereocenters. The summed E-state index contributed by atoms with van der Waals surface area (Å²) in [6.07, 6.45) is 0.705. The van der Waals surface area contributed by atoms with E-state index in [9.17, 15) is 4.79 Å². The fourth-order valence-corrected chi connectivity index (χ4v) is 2.94. The second-order valence-electron chi connectivity index (χ2n) is 6.09. The van der Waals surface area contributed by atoms with Crippen LogP contribution < -0.4 is 14.8 Å². The third-order valence-corrected chi connectivity index (χ3v) is 4.35. The van der Waals surface area contributed by atoms with Gasteiger partial charge in [0.25, 0.3) is 5.91 Å². The fraction of sp³-hybridized carbons (Fsp3) is 0.263. The summed E-state index contributed by atoms with van der Waals surface area (Å²) in [5, 5.41) is 14.6. The molecule has 0 radical (unpaired) electrons. The first-order valence-corrected chi connectivity index (χ1v) is 8.78. The summed E-state index contributed by atoms with van der Waals surface area (Å²) in [5.74, 6) is 2.02. The number of carbonyl (C=O) groups excluding carboxylic acids is 1. The molecule has 4 rings (SSSR count). The average Bonchev–Trinajstić information content (AvgIpc) is 3.36. The van der Waals surface area contributed by atoms with Crippen LogP contribution in [0, 0.1) is 0 Å². The van der Waals surface area contributed by atoms with Gasteiger partial charge in [0.15, 0.2) is 17.3 Å². The predicted molar refractivity (Wildman–Crippen MR) is 97.5 cm³/mol. The van der Waals surface area contributed by atoms with Gasteiger partial charge in [0.1, 0.15) is 0 Å². The van der Waals surface area contributed by atoms with Crippen LogP contribution in [0.1, 0.15) is 22.8 Å². The van der Waals surface area contributed by atoms with Crippen molar-refractivity contribution in [3.63, 3.8) is 0 Å². The van der Waals surface area contributed by atoms with E-state index in [1.54, 1.807) is 16.8 Å². The Labute approximate surface area is 156 Å². The molecule has 2 aromatic carbocycles. The van der Waals surface area contributed by atoms with E-state index in [0.717, 1.165) is 22.6 Å². The number of aromatic nitrogens is 4. The van der Waals surface area contributed by atoms with Crippen molar-refractivity contribution in [2.45, 2.75) is 19.9 Å². The molecule has 27 heavy (non-hydrogen) atoms. The molecular formula is C19H19N5O3. The fourth-order valence-electron chi connectivity index (χ4n) is 2.94. The molecule has 1 amide bonds. The first-order chi connectivity index (χ1) is 13.2. The molecule has 1 aliphatic heterocycles. The minimum atomic E-state index is -0.131. The lowest BCUT2D eigenvalue weighted by molar-refractivity contribution is 0.0954. The van der Waals surface area contributed by atoms with Crippen LogP contribution in [0.2, 0.25) is 0 Å². The molecule has 8 heteroatoms. The van der Waals surface area contributed by atoms with Gasteiger partial charge in [-0.2, -0.15) is 0 Å². The lowest BCUT2D eigenvalue weighted by Crippen LogP contribution is -2.25. The van der Waals surface area contributed by atoms with E-state index in [0.29, 0.717) is 30.9 Å². The van der Waals surface area contributed by atoms with Crippen molar-refractivity contribution in [1.29, 1.82) is 0 Å². The van der Waals surface area contributed by atoms with Crippen LogP contribution in [0.15, 0.2) is 42.5 Å². The van der Waals surface area contributed by atoms with Gasteiger partial charge in [0, 0.05) is 24.2 Å². The zero-order chi connectivity index (χ0) is 18.6. The Hall–Kier alpha value is -3.42. The Balaban J connectivity index is 1.39. The Morgan fingerprint density at radius 3 is 2.96 bits per heavy atom. The summed E-state index contributed by atoms with van der Waals surface area (Å²) in [6.45, 7) is 3.41. The Kier molecular flexibility index (Phi) is 4.69. The Morgan fingerprint density at radius 2 is 2.07 bits per heavy atom. The molecule has 0 fully saturated rings. The summed E-state index contributed by atoms with van der Waals surface area (Å²) in [6, 6.07) is 13.1. The maximum absolute atomic E-state index is 12.5. The van der Waals surface area contributed by atoms with E-state index in [1.165, 1.54) is 0 Å². The van der Waals surface area contributed by atoms with Crippen LogP contribution in [-0.4, -0.2) is 39.5 Å². The summed E-state index contributed by atoms with van der Waals surface area (Å²) in [7, 11) is 0. The van der Waals surface area contributed by atoms with Crippen molar-refractivity contribution in [3.05, 3.63) is 53.6 Å². The van der Waals surface area contributed by atoms with Gasteiger partial charge in [0.2, 0.25) is 6.79 Å². The number of tetrazole rings is 1. The first kappa shape index (κ1) is 17.0. The Morgan fingerprint density at radius 1 is 1.19 bits per heavy atom. The number of aryl methyl sites for hydroxylation is 1. The standard InChI is InChI=1S/C19H19N5O3/c1-2-24-18(21-22-23-24)14-4-3-5-15(11-14)19(25)20-9-8-13-6-7-16-17(10-13)27-12-26-16/h3-7,10-11H,2,8-9,12H2,1H3,(H,20,25). The van der Waals surface area contributed by atoms with E-state index in [2.05, 4.69) is 20.8 Å². The third-order valence-electron chi connectivity index (χ3n) is 4.35. The normalized spacial score (nSPS) is 12.2. The predicted octanol–water partition coefficient (Wildman–Crippen LogP) is 2.06. The molecule has 1 N–H and O–H groups in total. The molecule has 0 aliphatic carbocycles. The number of nitrogens with zero attached hydrogens (tertiary/aromatic N) is 4. The molecule has 0 unspecified atom stereocenters. The van der Waals surface area contributed by atoms with Crippen LogP contribution in [0.25, 0.3) is 11.4 Å². The molecule has 1 aromatic heterocycles. The lowest BCUT2D eigenvalue weighted by Gasteiger charge is -2.08. The number of rotatable bonds is 6. The maximum atomic E-state index is 12.5. The summed E-state index contributed by atoms with van der Waals surface area (Å²) in [5.41, 5.74) is 2.46. The van der Waals surface area contributed by atoms with Gasteiger partial charge in [0.05, 0.1) is 0 Å². The topological polar surface area (TPSA) is 91.2 Å². The van der Waals surface area contributed by atoms with Crippen molar-refractivity contribution in [2.24, 2.45) is 0 Å². The number of ether oxygens (including phenoxy) is 2. The maximum Gasteiger partial charge on any atom is 0.251 e. The number of hydrogen-bond acceptors (Lipinski definition) is 6. The van der Waals surface area contributed by atoms with Crippen molar-refractivity contribution >= 4 is 5.91 Å². The second kappa shape index (κ2) is 7.45. The van der Waals surface area contributed by atoms with Gasteiger partial charge < -0.3 is 14.8 Å². The van der Waals surface area contributed by atoms with Gasteiger partial charge in [-0.15, -0.1) is 5.10 Å². The van der Waals surface area contributed by atoms with E-state index in [4.69, 9.17) is 9.47 Å². The van der Waals surface area contributed by atoms with Gasteiger partial charge in [-0.05, 0) is 53.6 Å². The number of fused-ring (bicyclic) bond motifs is 1. The van der Waals surface area contributed by atoms with Crippen LogP contribution in [0.3, 0.4) is 0 Å². The highest BCUT2D eigenvalue weighted by Crippen LogP contribution is 2.32. The molecule has 0 saturated carbocycles. The highest BCUT2D eigenvalue weighted by Gasteiger charge is 2.14. The number of carbonyl (C=O) groups is 1. The van der Waals surface area contributed by atoms with E-state index >= 15 is 0 Å². The number of benzene rings is 2. The molecule has 8 nitrogen and oxygen atoms in total. The van der Waals surface area contributed by atoms with Crippen molar-refractivity contribution in [1.82, 2.24) is 25.5 Å². The van der Waals surface area contributed by atoms with Crippen LogP contribution in [0.5, 0.6) is 11.5 Å². The molecule has 2 heterocycles. The van der Waals surface area contributed by atoms with E-state index in [-0.39, 0.29) is 12.7 Å². The van der Waals surface area contributed by atoms with Crippen LogP contribution in [-0.2, 0) is 13.0 Å².